The summed E-state index contributed by atoms with van der Waals surface area (Å²) in [6.07, 6.45) is 0. The van der Waals surface area contributed by atoms with Gasteiger partial charge in [0, 0.05) is 48.1 Å². The first-order chi connectivity index (χ1) is 26.9. The third kappa shape index (κ3) is 4.65. The van der Waals surface area contributed by atoms with Crippen LogP contribution in [0.3, 0.4) is 0 Å². The number of hydrogen-bond donors (Lipinski definition) is 0. The van der Waals surface area contributed by atoms with E-state index in [0.717, 1.165) is 17.1 Å². The van der Waals surface area contributed by atoms with Crippen molar-refractivity contribution in [1.82, 2.24) is 0 Å². The highest BCUT2D eigenvalue weighted by Gasteiger charge is 2.41. The van der Waals surface area contributed by atoms with Crippen LogP contribution in [-0.4, -0.2) is 0 Å². The first-order valence-corrected chi connectivity index (χ1v) is 20.1. The van der Waals surface area contributed by atoms with Crippen LogP contribution in [-0.2, 0) is 10.8 Å². The monoisotopic (exact) mass is 721 g/mol. The molecule has 2 heteroatoms. The molecular formula is C53H39NS. The van der Waals surface area contributed by atoms with E-state index in [9.17, 15) is 0 Å². The van der Waals surface area contributed by atoms with E-state index in [1.807, 2.05) is 11.3 Å². The maximum atomic E-state index is 2.46. The van der Waals surface area contributed by atoms with E-state index in [0.29, 0.717) is 0 Å². The third-order valence-electron chi connectivity index (χ3n) is 12.5. The molecule has 8 aromatic carbocycles. The fraction of sp³-hybridized carbons (Fsp3) is 0.0943. The van der Waals surface area contributed by atoms with Gasteiger partial charge in [0.2, 0.25) is 0 Å². The zero-order chi connectivity index (χ0) is 36.9. The fourth-order valence-corrected chi connectivity index (χ4v) is 11.0. The first-order valence-electron chi connectivity index (χ1n) is 19.3. The van der Waals surface area contributed by atoms with Crippen molar-refractivity contribution in [2.24, 2.45) is 0 Å². The molecule has 0 radical (unpaired) electrons. The summed E-state index contributed by atoms with van der Waals surface area (Å²) in [5.74, 6) is 0. The van der Waals surface area contributed by atoms with Crippen molar-refractivity contribution < 1.29 is 0 Å². The average molecular weight is 722 g/mol. The highest BCUT2D eigenvalue weighted by atomic mass is 32.1. The normalized spacial score (nSPS) is 16.1. The SMILES string of the molecule is CC1(C)c2ccccc2-c2cccc(-c3ccc(N(c4ccc5c(c4)C(C)(c4ccccc4)c4ccccc4-5)c4ccc5sc6ccccc6c5c4)cc3)c21. The summed E-state index contributed by atoms with van der Waals surface area (Å²) in [5, 5.41) is 2.60. The predicted molar refractivity (Wildman–Crippen MR) is 234 cm³/mol. The van der Waals surface area contributed by atoms with Gasteiger partial charge in [-0.2, -0.15) is 0 Å². The molecule has 0 N–H and O–H groups in total. The summed E-state index contributed by atoms with van der Waals surface area (Å²) in [4.78, 5) is 2.46. The first kappa shape index (κ1) is 32.2. The second kappa shape index (κ2) is 11.9. The van der Waals surface area contributed by atoms with E-state index in [1.54, 1.807) is 0 Å². The van der Waals surface area contributed by atoms with Crippen molar-refractivity contribution in [3.05, 3.63) is 210 Å². The maximum Gasteiger partial charge on any atom is 0.0468 e. The number of thiophene rings is 1. The number of rotatable bonds is 5. The molecule has 9 aromatic rings. The molecule has 11 rings (SSSR count). The molecule has 0 spiro atoms. The lowest BCUT2D eigenvalue weighted by Crippen LogP contribution is -2.22. The van der Waals surface area contributed by atoms with Crippen LogP contribution in [0.4, 0.5) is 17.1 Å². The van der Waals surface area contributed by atoms with Gasteiger partial charge in [-0.15, -0.1) is 11.3 Å². The fourth-order valence-electron chi connectivity index (χ4n) is 9.88. The zero-order valence-electron chi connectivity index (χ0n) is 31.2. The number of hydrogen-bond acceptors (Lipinski definition) is 2. The molecule has 0 saturated heterocycles. The quantitative estimate of drug-likeness (QED) is 0.171. The maximum absolute atomic E-state index is 2.46. The number of benzene rings is 8. The Morgan fingerprint density at radius 2 is 0.982 bits per heavy atom. The topological polar surface area (TPSA) is 3.24 Å². The van der Waals surface area contributed by atoms with E-state index in [2.05, 4.69) is 208 Å². The minimum absolute atomic E-state index is 0.0840. The average Bonchev–Trinajstić information content (AvgIpc) is 3.82. The third-order valence-corrected chi connectivity index (χ3v) is 13.7. The predicted octanol–water partition coefficient (Wildman–Crippen LogP) is 14.8. The Kier molecular flexibility index (Phi) is 6.97. The summed E-state index contributed by atoms with van der Waals surface area (Å²) in [7, 11) is 0. The Morgan fingerprint density at radius 3 is 1.80 bits per heavy atom. The zero-order valence-corrected chi connectivity index (χ0v) is 32.0. The molecule has 1 nitrogen and oxygen atoms in total. The lowest BCUT2D eigenvalue weighted by molar-refractivity contribution is 0.662. The minimum Gasteiger partial charge on any atom is -0.310 e. The van der Waals surface area contributed by atoms with Gasteiger partial charge in [0.1, 0.15) is 0 Å². The van der Waals surface area contributed by atoms with Gasteiger partial charge >= 0.3 is 0 Å². The molecule has 0 bridgehead atoms. The van der Waals surface area contributed by atoms with Crippen molar-refractivity contribution >= 4 is 48.6 Å². The Morgan fingerprint density at radius 1 is 0.400 bits per heavy atom. The van der Waals surface area contributed by atoms with Crippen LogP contribution >= 0.6 is 11.3 Å². The highest BCUT2D eigenvalue weighted by molar-refractivity contribution is 7.25. The molecule has 0 fully saturated rings. The Labute approximate surface area is 326 Å². The van der Waals surface area contributed by atoms with Crippen LogP contribution in [0.25, 0.3) is 53.6 Å². The lowest BCUT2D eigenvalue weighted by atomic mass is 9.74. The van der Waals surface area contributed by atoms with E-state index >= 15 is 0 Å². The molecule has 1 unspecified atom stereocenters. The molecule has 0 aliphatic heterocycles. The van der Waals surface area contributed by atoms with Gasteiger partial charge in [-0.05, 0) is 117 Å². The molecule has 1 atom stereocenters. The van der Waals surface area contributed by atoms with Crippen LogP contribution in [0.5, 0.6) is 0 Å². The molecule has 0 amide bonds. The Bertz CT molecular complexity index is 2970. The molecule has 1 heterocycles. The van der Waals surface area contributed by atoms with Crippen molar-refractivity contribution in [3.63, 3.8) is 0 Å². The van der Waals surface area contributed by atoms with Crippen molar-refractivity contribution in [2.45, 2.75) is 31.6 Å². The smallest absolute Gasteiger partial charge is 0.0468 e. The summed E-state index contributed by atoms with van der Waals surface area (Å²) >= 11 is 1.87. The largest absolute Gasteiger partial charge is 0.310 e. The second-order valence-corrected chi connectivity index (χ2v) is 16.9. The molecule has 1 aromatic heterocycles. The van der Waals surface area contributed by atoms with Crippen molar-refractivity contribution in [2.75, 3.05) is 4.90 Å². The van der Waals surface area contributed by atoms with Crippen LogP contribution in [0.1, 0.15) is 48.6 Å². The van der Waals surface area contributed by atoms with Gasteiger partial charge < -0.3 is 4.90 Å². The molecule has 262 valence electrons. The van der Waals surface area contributed by atoms with Crippen molar-refractivity contribution in [1.29, 1.82) is 0 Å². The lowest BCUT2D eigenvalue weighted by Gasteiger charge is -2.31. The Hall–Kier alpha value is -6.22. The minimum atomic E-state index is -0.287. The number of fused-ring (bicyclic) bond motifs is 9. The second-order valence-electron chi connectivity index (χ2n) is 15.8. The molecule has 2 aliphatic carbocycles. The summed E-state index contributed by atoms with van der Waals surface area (Å²) in [6.45, 7) is 7.14. The number of nitrogens with zero attached hydrogens (tertiary/aromatic N) is 1. The van der Waals surface area contributed by atoms with Gasteiger partial charge in [-0.1, -0.05) is 147 Å². The van der Waals surface area contributed by atoms with Gasteiger partial charge in [0.15, 0.2) is 0 Å². The van der Waals surface area contributed by atoms with Crippen LogP contribution in [0, 0.1) is 0 Å². The van der Waals surface area contributed by atoms with Gasteiger partial charge in [0.05, 0.1) is 0 Å². The highest BCUT2D eigenvalue weighted by Crippen LogP contribution is 2.55. The molecule has 2 aliphatic rings. The molecule has 0 saturated carbocycles. The standard InChI is InChI=1S/C53H39NS/c1-52(2)46-21-10-7-17-41(46)44-20-13-19-39(51(44)52)34-24-26-36(27-25-34)54(37-29-31-50-45(32-37)43-18-9-12-23-49(43)55-50)38-28-30-42-40-16-8-11-22-47(40)53(3,48(42)33-38)35-14-5-4-6-15-35/h4-33H,1-3H3. The summed E-state index contributed by atoms with van der Waals surface area (Å²) < 4.78 is 2.63. The van der Waals surface area contributed by atoms with E-state index < -0.39 is 0 Å². The van der Waals surface area contributed by atoms with E-state index in [4.69, 9.17) is 0 Å². The van der Waals surface area contributed by atoms with Crippen LogP contribution in [0.15, 0.2) is 182 Å². The van der Waals surface area contributed by atoms with Gasteiger partial charge in [-0.25, -0.2) is 0 Å². The molecule has 55 heavy (non-hydrogen) atoms. The van der Waals surface area contributed by atoms with Crippen molar-refractivity contribution in [3.8, 4) is 33.4 Å². The van der Waals surface area contributed by atoms with E-state index in [1.165, 1.54) is 81.4 Å². The summed E-state index contributed by atoms with van der Waals surface area (Å²) in [5.41, 5.74) is 17.7. The summed E-state index contributed by atoms with van der Waals surface area (Å²) in [6, 6.07) is 67.9. The van der Waals surface area contributed by atoms with E-state index in [-0.39, 0.29) is 10.8 Å². The van der Waals surface area contributed by atoms with Gasteiger partial charge in [-0.3, -0.25) is 0 Å². The van der Waals surface area contributed by atoms with Crippen LogP contribution < -0.4 is 4.90 Å². The number of anilines is 3. The van der Waals surface area contributed by atoms with Gasteiger partial charge in [0.25, 0.3) is 0 Å². The van der Waals surface area contributed by atoms with Crippen LogP contribution in [0.2, 0.25) is 0 Å². The Balaban J connectivity index is 1.09. The molecular weight excluding hydrogens is 683 g/mol.